The molecule has 104 valence electrons. The Bertz CT molecular complexity index is 306. The number of hydrogen-bond donors (Lipinski definition) is 1. The lowest BCUT2D eigenvalue weighted by Gasteiger charge is -2.22. The predicted octanol–water partition coefficient (Wildman–Crippen LogP) is 3.10. The van der Waals surface area contributed by atoms with Crippen LogP contribution in [-0.2, 0) is 6.54 Å². The summed E-state index contributed by atoms with van der Waals surface area (Å²) in [4.78, 5) is 2.58. The third-order valence-electron chi connectivity index (χ3n) is 3.46. The Hall–Kier alpha value is -0.280. The molecule has 1 fully saturated rings. The molecule has 0 spiro atoms. The molecule has 1 saturated heterocycles. The zero-order chi connectivity index (χ0) is 11.2. The Balaban J connectivity index is 0.00000144. The molecule has 18 heavy (non-hydrogen) atoms. The van der Waals surface area contributed by atoms with Gasteiger partial charge in [-0.3, -0.25) is 4.90 Å². The van der Waals surface area contributed by atoms with E-state index in [0.29, 0.717) is 0 Å². The molecule has 4 heteroatoms. The summed E-state index contributed by atoms with van der Waals surface area (Å²) < 4.78 is 0. The number of likely N-dealkylation sites (tertiary alicyclic amines) is 1. The molecule has 1 aliphatic rings. The minimum absolute atomic E-state index is 0. The standard InChI is InChI=1S/C14H22N2.2ClH/c1-2-16-10-6-9-14(16)12-15-11-13-7-4-3-5-8-13;;/h3-5,7-8,14-15H,2,6,9-12H2,1H3;2*1H. The van der Waals surface area contributed by atoms with E-state index < -0.39 is 0 Å². The molecule has 0 amide bonds. The van der Waals surface area contributed by atoms with E-state index in [-0.39, 0.29) is 24.8 Å². The van der Waals surface area contributed by atoms with Gasteiger partial charge >= 0.3 is 0 Å². The van der Waals surface area contributed by atoms with Gasteiger partial charge in [-0.1, -0.05) is 37.3 Å². The van der Waals surface area contributed by atoms with Crippen LogP contribution in [0.5, 0.6) is 0 Å². The van der Waals surface area contributed by atoms with Gasteiger partial charge in [0.1, 0.15) is 0 Å². The maximum atomic E-state index is 3.57. The number of rotatable bonds is 5. The Kier molecular flexibility index (Phi) is 9.47. The molecule has 1 N–H and O–H groups in total. The summed E-state index contributed by atoms with van der Waals surface area (Å²) in [5, 5.41) is 3.57. The Morgan fingerprint density at radius 1 is 1.22 bits per heavy atom. The van der Waals surface area contributed by atoms with Gasteiger partial charge in [-0.2, -0.15) is 0 Å². The number of benzene rings is 1. The molecule has 1 unspecified atom stereocenters. The summed E-state index contributed by atoms with van der Waals surface area (Å²) in [6.07, 6.45) is 2.72. The second kappa shape index (κ2) is 9.62. The van der Waals surface area contributed by atoms with E-state index in [0.717, 1.165) is 19.1 Å². The Labute approximate surface area is 123 Å². The van der Waals surface area contributed by atoms with Gasteiger partial charge in [0.05, 0.1) is 0 Å². The largest absolute Gasteiger partial charge is 0.311 e. The first kappa shape index (κ1) is 17.7. The molecule has 1 atom stereocenters. The molecule has 2 rings (SSSR count). The summed E-state index contributed by atoms with van der Waals surface area (Å²) >= 11 is 0. The molecule has 2 nitrogen and oxygen atoms in total. The van der Waals surface area contributed by atoms with Crippen LogP contribution in [0.2, 0.25) is 0 Å². The topological polar surface area (TPSA) is 15.3 Å². The van der Waals surface area contributed by atoms with Crippen LogP contribution >= 0.6 is 24.8 Å². The van der Waals surface area contributed by atoms with Gasteiger partial charge in [0.25, 0.3) is 0 Å². The van der Waals surface area contributed by atoms with Crippen molar-refractivity contribution in [2.75, 3.05) is 19.6 Å². The van der Waals surface area contributed by atoms with Gasteiger partial charge in [-0.05, 0) is 31.5 Å². The first-order valence-corrected chi connectivity index (χ1v) is 6.39. The fourth-order valence-electron chi connectivity index (χ4n) is 2.52. The summed E-state index contributed by atoms with van der Waals surface area (Å²) in [6, 6.07) is 11.4. The van der Waals surface area contributed by atoms with Crippen LogP contribution in [0.1, 0.15) is 25.3 Å². The predicted molar refractivity (Wildman–Crippen MR) is 82.9 cm³/mol. The summed E-state index contributed by atoms with van der Waals surface area (Å²) in [5.74, 6) is 0. The number of nitrogens with one attached hydrogen (secondary N) is 1. The summed E-state index contributed by atoms with van der Waals surface area (Å²) in [6.45, 7) is 6.86. The van der Waals surface area contributed by atoms with Crippen molar-refractivity contribution >= 4 is 24.8 Å². The number of hydrogen-bond acceptors (Lipinski definition) is 2. The van der Waals surface area contributed by atoms with E-state index in [4.69, 9.17) is 0 Å². The van der Waals surface area contributed by atoms with Gasteiger partial charge in [-0.25, -0.2) is 0 Å². The van der Waals surface area contributed by atoms with Gasteiger partial charge in [0, 0.05) is 19.1 Å². The van der Waals surface area contributed by atoms with Crippen molar-refractivity contribution in [2.45, 2.75) is 32.4 Å². The molecule has 1 aliphatic heterocycles. The van der Waals surface area contributed by atoms with Crippen molar-refractivity contribution < 1.29 is 0 Å². The molecule has 0 bridgehead atoms. The lowest BCUT2D eigenvalue weighted by Crippen LogP contribution is -2.37. The van der Waals surface area contributed by atoms with Crippen LogP contribution in [0.4, 0.5) is 0 Å². The highest BCUT2D eigenvalue weighted by molar-refractivity contribution is 5.85. The van der Waals surface area contributed by atoms with E-state index in [1.165, 1.54) is 31.5 Å². The first-order chi connectivity index (χ1) is 7.90. The van der Waals surface area contributed by atoms with Crippen LogP contribution in [0.3, 0.4) is 0 Å². The van der Waals surface area contributed by atoms with Crippen LogP contribution < -0.4 is 5.32 Å². The molecule has 0 aliphatic carbocycles. The quantitative estimate of drug-likeness (QED) is 0.896. The van der Waals surface area contributed by atoms with Crippen molar-refractivity contribution in [1.29, 1.82) is 0 Å². The molecule has 1 heterocycles. The van der Waals surface area contributed by atoms with E-state index in [2.05, 4.69) is 47.5 Å². The second-order valence-electron chi connectivity index (χ2n) is 4.54. The summed E-state index contributed by atoms with van der Waals surface area (Å²) in [7, 11) is 0. The number of halogens is 2. The van der Waals surface area contributed by atoms with Crippen LogP contribution in [0, 0.1) is 0 Å². The van der Waals surface area contributed by atoms with Gasteiger partial charge < -0.3 is 5.32 Å². The maximum absolute atomic E-state index is 3.57. The lowest BCUT2D eigenvalue weighted by atomic mass is 10.2. The van der Waals surface area contributed by atoms with Crippen molar-refractivity contribution in [3.05, 3.63) is 35.9 Å². The second-order valence-corrected chi connectivity index (χ2v) is 4.54. The smallest absolute Gasteiger partial charge is 0.0221 e. The van der Waals surface area contributed by atoms with Crippen molar-refractivity contribution in [1.82, 2.24) is 10.2 Å². The third-order valence-corrected chi connectivity index (χ3v) is 3.46. The van der Waals surface area contributed by atoms with Gasteiger partial charge in [-0.15, -0.1) is 24.8 Å². The molecule has 0 saturated carbocycles. The van der Waals surface area contributed by atoms with Crippen molar-refractivity contribution in [2.24, 2.45) is 0 Å². The molecule has 1 aromatic rings. The van der Waals surface area contributed by atoms with Crippen LogP contribution in [0.15, 0.2) is 30.3 Å². The monoisotopic (exact) mass is 290 g/mol. The molecule has 0 radical (unpaired) electrons. The molecule has 1 aromatic carbocycles. The fourth-order valence-corrected chi connectivity index (χ4v) is 2.52. The van der Waals surface area contributed by atoms with Gasteiger partial charge in [0.2, 0.25) is 0 Å². The molecular formula is C14H24Cl2N2. The maximum Gasteiger partial charge on any atom is 0.0221 e. The van der Waals surface area contributed by atoms with E-state index in [1.54, 1.807) is 0 Å². The van der Waals surface area contributed by atoms with Crippen LogP contribution in [-0.4, -0.2) is 30.6 Å². The SMILES string of the molecule is CCN1CCCC1CNCc1ccccc1.Cl.Cl. The van der Waals surface area contributed by atoms with Crippen molar-refractivity contribution in [3.63, 3.8) is 0 Å². The molecule has 0 aromatic heterocycles. The van der Waals surface area contributed by atoms with E-state index >= 15 is 0 Å². The minimum atomic E-state index is 0. The highest BCUT2D eigenvalue weighted by atomic mass is 35.5. The normalized spacial score (nSPS) is 19.1. The summed E-state index contributed by atoms with van der Waals surface area (Å²) in [5.41, 5.74) is 1.38. The Morgan fingerprint density at radius 2 is 1.94 bits per heavy atom. The minimum Gasteiger partial charge on any atom is -0.311 e. The average Bonchev–Trinajstić information content (AvgIpc) is 2.78. The number of nitrogens with zero attached hydrogens (tertiary/aromatic N) is 1. The highest BCUT2D eigenvalue weighted by Gasteiger charge is 2.21. The number of likely N-dealkylation sites (N-methyl/N-ethyl adjacent to an activating group) is 1. The third kappa shape index (κ3) is 5.15. The Morgan fingerprint density at radius 3 is 2.61 bits per heavy atom. The van der Waals surface area contributed by atoms with Crippen LogP contribution in [0.25, 0.3) is 0 Å². The first-order valence-electron chi connectivity index (χ1n) is 6.39. The van der Waals surface area contributed by atoms with Gasteiger partial charge in [0.15, 0.2) is 0 Å². The van der Waals surface area contributed by atoms with E-state index in [1.807, 2.05) is 0 Å². The highest BCUT2D eigenvalue weighted by Crippen LogP contribution is 2.15. The van der Waals surface area contributed by atoms with E-state index in [9.17, 15) is 0 Å². The lowest BCUT2D eigenvalue weighted by molar-refractivity contribution is 0.260. The average molecular weight is 291 g/mol. The fraction of sp³-hybridized carbons (Fsp3) is 0.571. The zero-order valence-corrected chi connectivity index (χ0v) is 12.6. The molecular weight excluding hydrogens is 267 g/mol. The van der Waals surface area contributed by atoms with Crippen molar-refractivity contribution in [3.8, 4) is 0 Å². The zero-order valence-electron chi connectivity index (χ0n) is 11.0.